The van der Waals surface area contributed by atoms with Crippen LogP contribution in [0.4, 0.5) is 0 Å². The first-order chi connectivity index (χ1) is 12.0. The van der Waals surface area contributed by atoms with Crippen molar-refractivity contribution >= 4 is 11.9 Å². The molecule has 6 heteroatoms. The van der Waals surface area contributed by atoms with E-state index in [0.29, 0.717) is 24.1 Å². The van der Waals surface area contributed by atoms with Crippen LogP contribution in [0.1, 0.15) is 19.4 Å². The SMILES string of the molecule is CC(=O)Oc1ccc(CC(=O)N2CC(C)C(N3CCOCC3)C2)cc1. The Morgan fingerprint density at radius 1 is 1.16 bits per heavy atom. The van der Waals surface area contributed by atoms with Crippen LogP contribution in [0.2, 0.25) is 0 Å². The van der Waals surface area contributed by atoms with E-state index in [1.54, 1.807) is 12.1 Å². The van der Waals surface area contributed by atoms with Gasteiger partial charge in [0.2, 0.25) is 5.91 Å². The number of ether oxygens (including phenoxy) is 2. The van der Waals surface area contributed by atoms with Crippen molar-refractivity contribution in [3.8, 4) is 5.75 Å². The van der Waals surface area contributed by atoms with Gasteiger partial charge in [0.1, 0.15) is 5.75 Å². The van der Waals surface area contributed by atoms with Crippen molar-refractivity contribution in [2.24, 2.45) is 5.92 Å². The van der Waals surface area contributed by atoms with Gasteiger partial charge in [-0.15, -0.1) is 0 Å². The molecule has 0 bridgehead atoms. The Labute approximate surface area is 148 Å². The van der Waals surface area contributed by atoms with E-state index in [-0.39, 0.29) is 11.9 Å². The quantitative estimate of drug-likeness (QED) is 0.608. The third kappa shape index (κ3) is 4.58. The van der Waals surface area contributed by atoms with E-state index in [4.69, 9.17) is 9.47 Å². The standard InChI is InChI=1S/C19H26N2O4/c1-14-12-21(13-18(14)20-7-9-24-10-8-20)19(23)11-16-3-5-17(6-4-16)25-15(2)22/h3-6,14,18H,7-13H2,1-2H3. The Bertz CT molecular complexity index is 610. The van der Waals surface area contributed by atoms with Crippen LogP contribution in [0.25, 0.3) is 0 Å². The summed E-state index contributed by atoms with van der Waals surface area (Å²) in [5, 5.41) is 0. The maximum Gasteiger partial charge on any atom is 0.308 e. The molecule has 0 aliphatic carbocycles. The van der Waals surface area contributed by atoms with Crippen molar-refractivity contribution in [2.45, 2.75) is 26.3 Å². The monoisotopic (exact) mass is 346 g/mol. The zero-order chi connectivity index (χ0) is 17.8. The summed E-state index contributed by atoms with van der Waals surface area (Å²) in [6, 6.07) is 7.57. The molecule has 1 aromatic rings. The van der Waals surface area contributed by atoms with Gasteiger partial charge in [0.25, 0.3) is 0 Å². The number of morpholine rings is 1. The van der Waals surface area contributed by atoms with E-state index >= 15 is 0 Å². The fraction of sp³-hybridized carbons (Fsp3) is 0.579. The largest absolute Gasteiger partial charge is 0.427 e. The molecule has 2 aliphatic heterocycles. The number of nitrogens with zero attached hydrogens (tertiary/aromatic N) is 2. The van der Waals surface area contributed by atoms with Crippen LogP contribution >= 0.6 is 0 Å². The number of esters is 1. The van der Waals surface area contributed by atoms with E-state index in [2.05, 4.69) is 11.8 Å². The Hall–Kier alpha value is -1.92. The number of rotatable bonds is 4. The summed E-state index contributed by atoms with van der Waals surface area (Å²) in [5.74, 6) is 0.797. The molecule has 1 aromatic carbocycles. The van der Waals surface area contributed by atoms with Crippen LogP contribution in [0, 0.1) is 5.92 Å². The number of carbonyl (C=O) groups is 2. The van der Waals surface area contributed by atoms with E-state index in [9.17, 15) is 9.59 Å². The molecule has 3 rings (SSSR count). The minimum absolute atomic E-state index is 0.155. The predicted molar refractivity (Wildman–Crippen MR) is 93.4 cm³/mol. The molecule has 0 N–H and O–H groups in total. The molecule has 0 saturated carbocycles. The van der Waals surface area contributed by atoms with Crippen molar-refractivity contribution in [3.05, 3.63) is 29.8 Å². The zero-order valence-corrected chi connectivity index (χ0v) is 14.9. The summed E-state index contributed by atoms with van der Waals surface area (Å²) >= 11 is 0. The maximum atomic E-state index is 12.6. The molecular formula is C19H26N2O4. The number of hydrogen-bond acceptors (Lipinski definition) is 5. The second-order valence-electron chi connectivity index (χ2n) is 6.91. The highest BCUT2D eigenvalue weighted by Gasteiger charge is 2.36. The van der Waals surface area contributed by atoms with Gasteiger partial charge in [0.15, 0.2) is 0 Å². The summed E-state index contributed by atoms with van der Waals surface area (Å²) in [4.78, 5) is 28.0. The molecule has 136 valence electrons. The first-order valence-electron chi connectivity index (χ1n) is 8.90. The van der Waals surface area contributed by atoms with Crippen LogP contribution in [-0.2, 0) is 20.7 Å². The highest BCUT2D eigenvalue weighted by Crippen LogP contribution is 2.23. The lowest BCUT2D eigenvalue weighted by molar-refractivity contribution is -0.132. The summed E-state index contributed by atoms with van der Waals surface area (Å²) in [5.41, 5.74) is 0.934. The first kappa shape index (κ1) is 17.9. The van der Waals surface area contributed by atoms with E-state index in [1.807, 2.05) is 17.0 Å². The van der Waals surface area contributed by atoms with Crippen LogP contribution in [-0.4, -0.2) is 67.1 Å². The fourth-order valence-corrected chi connectivity index (χ4v) is 3.67. The molecule has 2 saturated heterocycles. The third-order valence-electron chi connectivity index (χ3n) is 4.98. The Morgan fingerprint density at radius 3 is 2.48 bits per heavy atom. The Kier molecular flexibility index (Phi) is 5.71. The Balaban J connectivity index is 1.55. The lowest BCUT2D eigenvalue weighted by atomic mass is 10.0. The van der Waals surface area contributed by atoms with E-state index in [0.717, 1.165) is 45.0 Å². The summed E-state index contributed by atoms with van der Waals surface area (Å²) in [6.45, 7) is 8.68. The molecule has 0 radical (unpaired) electrons. The van der Waals surface area contributed by atoms with Gasteiger partial charge >= 0.3 is 5.97 Å². The smallest absolute Gasteiger partial charge is 0.308 e. The minimum atomic E-state index is -0.343. The van der Waals surface area contributed by atoms with Crippen molar-refractivity contribution in [1.82, 2.24) is 9.80 Å². The normalized spacial score (nSPS) is 24.3. The molecule has 2 atom stereocenters. The van der Waals surface area contributed by atoms with Crippen LogP contribution in [0.3, 0.4) is 0 Å². The summed E-state index contributed by atoms with van der Waals surface area (Å²) < 4.78 is 10.4. The molecule has 0 spiro atoms. The van der Waals surface area contributed by atoms with Gasteiger partial charge in [-0.2, -0.15) is 0 Å². The number of hydrogen-bond donors (Lipinski definition) is 0. The molecular weight excluding hydrogens is 320 g/mol. The molecule has 6 nitrogen and oxygen atoms in total. The molecule has 1 amide bonds. The summed E-state index contributed by atoms with van der Waals surface area (Å²) in [7, 11) is 0. The number of likely N-dealkylation sites (tertiary alicyclic amines) is 1. The van der Waals surface area contributed by atoms with E-state index in [1.165, 1.54) is 6.92 Å². The third-order valence-corrected chi connectivity index (χ3v) is 4.98. The van der Waals surface area contributed by atoms with Gasteiger partial charge in [-0.1, -0.05) is 19.1 Å². The second-order valence-corrected chi connectivity index (χ2v) is 6.91. The molecule has 2 heterocycles. The van der Waals surface area contributed by atoms with Crippen LogP contribution < -0.4 is 4.74 Å². The van der Waals surface area contributed by atoms with Crippen LogP contribution in [0.15, 0.2) is 24.3 Å². The van der Waals surface area contributed by atoms with Gasteiger partial charge in [0, 0.05) is 39.1 Å². The number of carbonyl (C=O) groups excluding carboxylic acids is 2. The van der Waals surface area contributed by atoms with Crippen molar-refractivity contribution in [2.75, 3.05) is 39.4 Å². The van der Waals surface area contributed by atoms with Crippen molar-refractivity contribution in [1.29, 1.82) is 0 Å². The molecule has 0 aromatic heterocycles. The number of amides is 1. The molecule has 2 aliphatic rings. The minimum Gasteiger partial charge on any atom is -0.427 e. The maximum absolute atomic E-state index is 12.6. The van der Waals surface area contributed by atoms with Gasteiger partial charge in [-0.3, -0.25) is 14.5 Å². The fourth-order valence-electron chi connectivity index (χ4n) is 3.67. The lowest BCUT2D eigenvalue weighted by Crippen LogP contribution is -2.47. The molecule has 25 heavy (non-hydrogen) atoms. The van der Waals surface area contributed by atoms with Crippen molar-refractivity contribution < 1.29 is 19.1 Å². The summed E-state index contributed by atoms with van der Waals surface area (Å²) in [6.07, 6.45) is 0.378. The molecule has 2 fully saturated rings. The van der Waals surface area contributed by atoms with Gasteiger partial charge in [-0.25, -0.2) is 0 Å². The van der Waals surface area contributed by atoms with Gasteiger partial charge in [-0.05, 0) is 23.6 Å². The average Bonchev–Trinajstić information content (AvgIpc) is 2.99. The Morgan fingerprint density at radius 2 is 1.84 bits per heavy atom. The van der Waals surface area contributed by atoms with Gasteiger partial charge < -0.3 is 14.4 Å². The van der Waals surface area contributed by atoms with Crippen LogP contribution in [0.5, 0.6) is 5.75 Å². The second kappa shape index (κ2) is 7.97. The lowest BCUT2D eigenvalue weighted by Gasteiger charge is -2.34. The first-order valence-corrected chi connectivity index (χ1v) is 8.90. The highest BCUT2D eigenvalue weighted by molar-refractivity contribution is 5.79. The zero-order valence-electron chi connectivity index (χ0n) is 14.9. The predicted octanol–water partition coefficient (Wildman–Crippen LogP) is 1.33. The van der Waals surface area contributed by atoms with Crippen molar-refractivity contribution in [3.63, 3.8) is 0 Å². The van der Waals surface area contributed by atoms with Gasteiger partial charge in [0.05, 0.1) is 19.6 Å². The molecule has 2 unspecified atom stereocenters. The number of benzene rings is 1. The topological polar surface area (TPSA) is 59.1 Å². The highest BCUT2D eigenvalue weighted by atomic mass is 16.5. The van der Waals surface area contributed by atoms with E-state index < -0.39 is 0 Å². The average molecular weight is 346 g/mol.